The molecule has 117 valence electrons. The van der Waals surface area contributed by atoms with Crippen LogP contribution >= 0.6 is 0 Å². The smallest absolute Gasteiger partial charge is 0.300 e. The van der Waals surface area contributed by atoms with Crippen molar-refractivity contribution in [2.45, 2.75) is 32.2 Å². The Morgan fingerprint density at radius 2 is 1.95 bits per heavy atom. The van der Waals surface area contributed by atoms with Gasteiger partial charge in [0.25, 0.3) is 0 Å². The Bertz CT molecular complexity index is 365. The zero-order valence-corrected chi connectivity index (χ0v) is 13.0. The summed E-state index contributed by atoms with van der Waals surface area (Å²) in [4.78, 5) is 0. The molecule has 1 rings (SSSR count). The van der Waals surface area contributed by atoms with Gasteiger partial charge in [0.1, 0.15) is 0 Å². The summed E-state index contributed by atoms with van der Waals surface area (Å²) in [6.45, 7) is 5.95. The minimum atomic E-state index is -0.498. The lowest BCUT2D eigenvalue weighted by Gasteiger charge is -2.23. The molecule has 1 aromatic carbocycles. The van der Waals surface area contributed by atoms with Crippen LogP contribution in [0.1, 0.15) is 19.4 Å². The van der Waals surface area contributed by atoms with Crippen LogP contribution in [0.2, 0.25) is 5.82 Å². The van der Waals surface area contributed by atoms with E-state index in [0.717, 1.165) is 13.0 Å². The molecule has 2 atom stereocenters. The Morgan fingerprint density at radius 1 is 1.24 bits per heavy atom. The van der Waals surface area contributed by atoms with Gasteiger partial charge in [0.05, 0.1) is 12.8 Å². The second-order valence-corrected chi connectivity index (χ2v) is 5.62. The van der Waals surface area contributed by atoms with Gasteiger partial charge in [-0.25, -0.2) is 5.43 Å². The van der Waals surface area contributed by atoms with E-state index >= 15 is 0 Å². The van der Waals surface area contributed by atoms with Crippen molar-refractivity contribution in [1.82, 2.24) is 10.7 Å². The van der Waals surface area contributed by atoms with Crippen LogP contribution in [-0.2, 0) is 11.1 Å². The van der Waals surface area contributed by atoms with Crippen molar-refractivity contribution < 1.29 is 9.76 Å². The van der Waals surface area contributed by atoms with Crippen LogP contribution in [0.3, 0.4) is 0 Å². The lowest BCUT2D eigenvalue weighted by Crippen LogP contribution is -2.36. The molecular formula is C15H27BN3O2. The van der Waals surface area contributed by atoms with Crippen LogP contribution < -0.4 is 16.6 Å². The predicted molar refractivity (Wildman–Crippen MR) is 86.6 cm³/mol. The largest absolute Gasteiger partial charge is 0.427 e. The number of hydrazine groups is 1. The molecule has 0 heterocycles. The third-order valence-corrected chi connectivity index (χ3v) is 3.15. The molecule has 0 aliphatic rings. The maximum Gasteiger partial charge on any atom is 0.300 e. The fourth-order valence-electron chi connectivity index (χ4n) is 2.05. The van der Waals surface area contributed by atoms with Crippen LogP contribution in [0.5, 0.6) is 0 Å². The Labute approximate surface area is 128 Å². The maximum atomic E-state index is 10.4. The average molecular weight is 292 g/mol. The summed E-state index contributed by atoms with van der Waals surface area (Å²) in [5.74, 6) is 5.67. The number of hydrogen-bond donors (Lipinski definition) is 4. The number of hydrogen-bond acceptors (Lipinski definition) is 5. The van der Waals surface area contributed by atoms with E-state index in [1.165, 1.54) is 5.56 Å². The van der Waals surface area contributed by atoms with Crippen molar-refractivity contribution in [2.24, 2.45) is 11.8 Å². The van der Waals surface area contributed by atoms with Gasteiger partial charge in [0.15, 0.2) is 0 Å². The standard InChI is InChI=1S/C15H27BN3O2/c1-12(2)9-18-10-15(20)14(16-21-11-19-17)8-13-6-4-3-5-7-13/h3-7,12,14-15,18-20H,8-11,17H2,1-2H3/t14-,15?/m0/s1. The first-order chi connectivity index (χ1) is 10.1. The van der Waals surface area contributed by atoms with Crippen LogP contribution in [0.25, 0.3) is 0 Å². The quantitative estimate of drug-likeness (QED) is 0.159. The molecule has 0 aromatic heterocycles. The third kappa shape index (κ3) is 8.19. The molecule has 0 saturated carbocycles. The van der Waals surface area contributed by atoms with Gasteiger partial charge in [-0.15, -0.1) is 0 Å². The highest BCUT2D eigenvalue weighted by atomic mass is 16.4. The molecule has 0 bridgehead atoms. The number of aliphatic hydroxyl groups excluding tert-OH is 1. The molecule has 6 heteroatoms. The van der Waals surface area contributed by atoms with Crippen molar-refractivity contribution in [1.29, 1.82) is 0 Å². The minimum absolute atomic E-state index is 0.0830. The first-order valence-electron chi connectivity index (χ1n) is 7.44. The summed E-state index contributed by atoms with van der Waals surface area (Å²) in [6, 6.07) is 10.1. The summed E-state index contributed by atoms with van der Waals surface area (Å²) in [5, 5.41) is 13.6. The summed E-state index contributed by atoms with van der Waals surface area (Å²) < 4.78 is 5.32. The second kappa shape index (κ2) is 10.8. The van der Waals surface area contributed by atoms with E-state index in [1.54, 1.807) is 7.48 Å². The van der Waals surface area contributed by atoms with E-state index in [1.807, 2.05) is 18.2 Å². The Balaban J connectivity index is 2.49. The van der Waals surface area contributed by atoms with E-state index in [0.29, 0.717) is 12.5 Å². The molecule has 1 unspecified atom stereocenters. The summed E-state index contributed by atoms with van der Waals surface area (Å²) in [5.41, 5.74) is 3.61. The molecule has 1 aromatic rings. The van der Waals surface area contributed by atoms with Gasteiger partial charge < -0.3 is 15.1 Å². The molecule has 21 heavy (non-hydrogen) atoms. The number of rotatable bonds is 11. The Kier molecular flexibility index (Phi) is 9.29. The van der Waals surface area contributed by atoms with Crippen molar-refractivity contribution in [2.75, 3.05) is 19.8 Å². The first kappa shape index (κ1) is 18.1. The van der Waals surface area contributed by atoms with Gasteiger partial charge in [-0.3, -0.25) is 5.84 Å². The topological polar surface area (TPSA) is 79.5 Å². The van der Waals surface area contributed by atoms with Crippen LogP contribution in [-0.4, -0.2) is 38.5 Å². The van der Waals surface area contributed by atoms with E-state index in [4.69, 9.17) is 10.5 Å². The van der Waals surface area contributed by atoms with Gasteiger partial charge in [0.2, 0.25) is 0 Å². The first-order valence-corrected chi connectivity index (χ1v) is 7.44. The predicted octanol–water partition coefficient (Wildman–Crippen LogP) is 0.681. The molecule has 0 amide bonds. The van der Waals surface area contributed by atoms with Crippen LogP contribution in [0.15, 0.2) is 30.3 Å². The molecule has 0 aliphatic heterocycles. The van der Waals surface area contributed by atoms with Gasteiger partial charge >= 0.3 is 7.48 Å². The van der Waals surface area contributed by atoms with E-state index in [9.17, 15) is 5.11 Å². The normalized spacial score (nSPS) is 14.1. The highest BCUT2D eigenvalue weighted by molar-refractivity contribution is 6.29. The lowest BCUT2D eigenvalue weighted by atomic mass is 9.72. The monoisotopic (exact) mass is 292 g/mol. The lowest BCUT2D eigenvalue weighted by molar-refractivity contribution is 0.152. The molecular weight excluding hydrogens is 265 g/mol. The summed E-state index contributed by atoms with van der Waals surface area (Å²) >= 11 is 0. The number of aliphatic hydroxyl groups is 1. The highest BCUT2D eigenvalue weighted by Gasteiger charge is 2.21. The van der Waals surface area contributed by atoms with Gasteiger partial charge in [0, 0.05) is 6.54 Å². The van der Waals surface area contributed by atoms with Gasteiger partial charge in [-0.2, -0.15) is 0 Å². The van der Waals surface area contributed by atoms with Crippen LogP contribution in [0, 0.1) is 5.92 Å². The van der Waals surface area contributed by atoms with Gasteiger partial charge in [-0.05, 0) is 30.3 Å². The number of nitrogens with two attached hydrogens (primary N) is 1. The van der Waals surface area contributed by atoms with E-state index < -0.39 is 6.10 Å². The molecule has 0 fully saturated rings. The maximum absolute atomic E-state index is 10.4. The molecule has 0 aliphatic carbocycles. The Morgan fingerprint density at radius 3 is 2.57 bits per heavy atom. The molecule has 5 N–H and O–H groups in total. The summed E-state index contributed by atoms with van der Waals surface area (Å²) in [7, 11) is 1.68. The fourth-order valence-corrected chi connectivity index (χ4v) is 2.05. The number of nitrogens with one attached hydrogen (secondary N) is 2. The molecule has 1 radical (unpaired) electrons. The van der Waals surface area contributed by atoms with Crippen molar-refractivity contribution in [3.63, 3.8) is 0 Å². The van der Waals surface area contributed by atoms with E-state index in [2.05, 4.69) is 36.7 Å². The zero-order chi connectivity index (χ0) is 15.5. The third-order valence-electron chi connectivity index (χ3n) is 3.15. The molecule has 5 nitrogen and oxygen atoms in total. The average Bonchev–Trinajstić information content (AvgIpc) is 2.47. The highest BCUT2D eigenvalue weighted by Crippen LogP contribution is 2.17. The van der Waals surface area contributed by atoms with Crippen molar-refractivity contribution >= 4 is 7.48 Å². The minimum Gasteiger partial charge on any atom is -0.427 e. The summed E-state index contributed by atoms with van der Waals surface area (Å²) in [6.07, 6.45) is 0.234. The molecule has 0 spiro atoms. The van der Waals surface area contributed by atoms with Crippen LogP contribution in [0.4, 0.5) is 0 Å². The second-order valence-electron chi connectivity index (χ2n) is 5.62. The zero-order valence-electron chi connectivity index (χ0n) is 13.0. The van der Waals surface area contributed by atoms with Gasteiger partial charge in [-0.1, -0.05) is 44.2 Å². The fraction of sp³-hybridized carbons (Fsp3) is 0.600. The van der Waals surface area contributed by atoms with Crippen molar-refractivity contribution in [3.8, 4) is 0 Å². The SMILES string of the molecule is CC(C)CNCC(O)[C@@H]([B]OCNN)Cc1ccccc1. The molecule has 0 saturated heterocycles. The number of benzene rings is 1. The Hall–Kier alpha value is -0.915. The van der Waals surface area contributed by atoms with E-state index in [-0.39, 0.29) is 12.5 Å². The van der Waals surface area contributed by atoms with Crippen molar-refractivity contribution in [3.05, 3.63) is 35.9 Å².